The fourth-order valence-corrected chi connectivity index (χ4v) is 2.05. The van der Waals surface area contributed by atoms with E-state index in [-0.39, 0.29) is 5.91 Å². The first-order valence-corrected chi connectivity index (χ1v) is 7.25. The molecule has 1 atom stereocenters. The molecule has 0 spiro atoms. The molecule has 4 nitrogen and oxygen atoms in total. The molecule has 2 aromatic rings. The number of ether oxygens (including phenoxy) is 2. The Morgan fingerprint density at radius 2 is 1.77 bits per heavy atom. The minimum absolute atomic E-state index is 0.235. The summed E-state index contributed by atoms with van der Waals surface area (Å²) in [6, 6.07) is 12.4. The molecule has 116 valence electrons. The number of carbonyl (C=O) groups is 1. The maximum Gasteiger partial charge on any atom is 0.265 e. The molecule has 0 heterocycles. The summed E-state index contributed by atoms with van der Waals surface area (Å²) < 4.78 is 10.7. The number of methoxy groups -OCH3 is 1. The Morgan fingerprint density at radius 3 is 2.41 bits per heavy atom. The summed E-state index contributed by atoms with van der Waals surface area (Å²) in [5, 5.41) is 3.39. The van der Waals surface area contributed by atoms with E-state index in [1.807, 2.05) is 13.0 Å². The van der Waals surface area contributed by atoms with E-state index in [4.69, 9.17) is 21.1 Å². The lowest BCUT2D eigenvalue weighted by Gasteiger charge is -2.16. The van der Waals surface area contributed by atoms with E-state index in [9.17, 15) is 4.79 Å². The summed E-state index contributed by atoms with van der Waals surface area (Å²) in [5.74, 6) is 1.10. The van der Waals surface area contributed by atoms with Crippen LogP contribution in [0.2, 0.25) is 5.02 Å². The second-order valence-electron chi connectivity index (χ2n) is 4.88. The highest BCUT2D eigenvalue weighted by atomic mass is 35.5. The van der Waals surface area contributed by atoms with E-state index in [1.54, 1.807) is 50.4 Å². The summed E-state index contributed by atoms with van der Waals surface area (Å²) in [7, 11) is 1.60. The van der Waals surface area contributed by atoms with E-state index in [0.717, 1.165) is 11.3 Å². The highest BCUT2D eigenvalue weighted by Gasteiger charge is 2.16. The second-order valence-corrected chi connectivity index (χ2v) is 5.32. The molecule has 5 heteroatoms. The first-order valence-electron chi connectivity index (χ1n) is 6.87. The average Bonchev–Trinajstić information content (AvgIpc) is 2.51. The third kappa shape index (κ3) is 4.15. The predicted octanol–water partition coefficient (Wildman–Crippen LogP) is 4.06. The topological polar surface area (TPSA) is 47.6 Å². The summed E-state index contributed by atoms with van der Waals surface area (Å²) >= 11 is 5.94. The average molecular weight is 320 g/mol. The van der Waals surface area contributed by atoms with Crippen LogP contribution in [0.4, 0.5) is 5.69 Å². The van der Waals surface area contributed by atoms with Crippen molar-refractivity contribution in [3.8, 4) is 11.5 Å². The van der Waals surface area contributed by atoms with Crippen LogP contribution in [0.5, 0.6) is 11.5 Å². The van der Waals surface area contributed by atoms with Crippen molar-refractivity contribution >= 4 is 23.2 Å². The van der Waals surface area contributed by atoms with Gasteiger partial charge in [0.2, 0.25) is 0 Å². The van der Waals surface area contributed by atoms with Crippen molar-refractivity contribution < 1.29 is 14.3 Å². The van der Waals surface area contributed by atoms with Crippen molar-refractivity contribution in [2.24, 2.45) is 0 Å². The zero-order chi connectivity index (χ0) is 16.1. The molecule has 0 bridgehead atoms. The van der Waals surface area contributed by atoms with Gasteiger partial charge in [0, 0.05) is 10.7 Å². The number of nitrogens with one attached hydrogen (secondary N) is 1. The molecule has 2 rings (SSSR count). The Labute approximate surface area is 135 Å². The molecule has 1 N–H and O–H groups in total. The van der Waals surface area contributed by atoms with Crippen LogP contribution in [-0.2, 0) is 4.79 Å². The molecule has 0 aliphatic rings. The normalized spacial score (nSPS) is 11.6. The van der Waals surface area contributed by atoms with Gasteiger partial charge in [-0.1, -0.05) is 17.7 Å². The number of halogens is 1. The smallest absolute Gasteiger partial charge is 0.265 e. The summed E-state index contributed by atoms with van der Waals surface area (Å²) in [4.78, 5) is 12.2. The number of benzene rings is 2. The monoisotopic (exact) mass is 319 g/mol. The molecule has 2 aromatic carbocycles. The number of hydrogen-bond acceptors (Lipinski definition) is 3. The Hall–Kier alpha value is -2.20. The molecule has 0 aliphatic heterocycles. The summed E-state index contributed by atoms with van der Waals surface area (Å²) in [5.41, 5.74) is 1.62. The maximum absolute atomic E-state index is 12.2. The highest BCUT2D eigenvalue weighted by molar-refractivity contribution is 6.31. The third-order valence-electron chi connectivity index (χ3n) is 3.20. The second kappa shape index (κ2) is 7.18. The van der Waals surface area contributed by atoms with E-state index < -0.39 is 6.10 Å². The Morgan fingerprint density at radius 1 is 1.14 bits per heavy atom. The minimum Gasteiger partial charge on any atom is -0.497 e. The number of hydrogen-bond donors (Lipinski definition) is 1. The zero-order valence-corrected chi connectivity index (χ0v) is 13.5. The van der Waals surface area contributed by atoms with E-state index >= 15 is 0 Å². The SMILES string of the molecule is COc1ccc(O[C@@H](C)C(=O)Nc2cc(Cl)ccc2C)cc1. The van der Waals surface area contributed by atoms with E-state index in [1.165, 1.54) is 0 Å². The molecule has 0 aliphatic carbocycles. The summed E-state index contributed by atoms with van der Waals surface area (Å²) in [6.07, 6.45) is -0.633. The predicted molar refractivity (Wildman–Crippen MR) is 87.9 cm³/mol. The van der Waals surface area contributed by atoms with Crippen LogP contribution in [0.1, 0.15) is 12.5 Å². The van der Waals surface area contributed by atoms with Crippen molar-refractivity contribution in [1.82, 2.24) is 0 Å². The molecule has 0 fully saturated rings. The van der Waals surface area contributed by atoms with Crippen molar-refractivity contribution in [1.29, 1.82) is 0 Å². The van der Waals surface area contributed by atoms with Crippen molar-refractivity contribution in [2.75, 3.05) is 12.4 Å². The van der Waals surface area contributed by atoms with Crippen LogP contribution in [0.3, 0.4) is 0 Å². The molecular formula is C17H18ClNO3. The lowest BCUT2D eigenvalue weighted by Crippen LogP contribution is -2.30. The van der Waals surface area contributed by atoms with Gasteiger partial charge in [-0.2, -0.15) is 0 Å². The number of amides is 1. The Balaban J connectivity index is 2.00. The van der Waals surface area contributed by atoms with Gasteiger partial charge in [0.25, 0.3) is 5.91 Å². The number of anilines is 1. The Kier molecular flexibility index (Phi) is 5.28. The van der Waals surface area contributed by atoms with Gasteiger partial charge in [-0.15, -0.1) is 0 Å². The number of carbonyl (C=O) groups excluding carboxylic acids is 1. The lowest BCUT2D eigenvalue weighted by molar-refractivity contribution is -0.122. The molecule has 0 aromatic heterocycles. The van der Waals surface area contributed by atoms with E-state index in [0.29, 0.717) is 16.5 Å². The molecule has 0 saturated heterocycles. The standard InChI is InChI=1S/C17H18ClNO3/c1-11-4-5-13(18)10-16(11)19-17(20)12(2)22-15-8-6-14(21-3)7-9-15/h4-10,12H,1-3H3,(H,19,20)/t12-/m0/s1. The van der Waals surface area contributed by atoms with Crippen LogP contribution in [-0.4, -0.2) is 19.1 Å². The number of rotatable bonds is 5. The molecular weight excluding hydrogens is 302 g/mol. The minimum atomic E-state index is -0.633. The highest BCUT2D eigenvalue weighted by Crippen LogP contribution is 2.21. The molecule has 0 unspecified atom stereocenters. The quantitative estimate of drug-likeness (QED) is 0.904. The van der Waals surface area contributed by atoms with Gasteiger partial charge in [-0.25, -0.2) is 0 Å². The maximum atomic E-state index is 12.2. The van der Waals surface area contributed by atoms with Gasteiger partial charge in [0.05, 0.1) is 7.11 Å². The van der Waals surface area contributed by atoms with Crippen molar-refractivity contribution in [2.45, 2.75) is 20.0 Å². The van der Waals surface area contributed by atoms with Gasteiger partial charge in [-0.05, 0) is 55.8 Å². The lowest BCUT2D eigenvalue weighted by atomic mass is 10.2. The molecule has 22 heavy (non-hydrogen) atoms. The van der Waals surface area contributed by atoms with Crippen LogP contribution < -0.4 is 14.8 Å². The van der Waals surface area contributed by atoms with Crippen LogP contribution >= 0.6 is 11.6 Å². The van der Waals surface area contributed by atoms with Gasteiger partial charge < -0.3 is 14.8 Å². The zero-order valence-electron chi connectivity index (χ0n) is 12.7. The van der Waals surface area contributed by atoms with Crippen molar-refractivity contribution in [3.05, 3.63) is 53.1 Å². The van der Waals surface area contributed by atoms with Crippen LogP contribution in [0.25, 0.3) is 0 Å². The van der Waals surface area contributed by atoms with Gasteiger partial charge in [0.1, 0.15) is 11.5 Å². The van der Waals surface area contributed by atoms with Gasteiger partial charge in [0.15, 0.2) is 6.10 Å². The van der Waals surface area contributed by atoms with E-state index in [2.05, 4.69) is 5.32 Å². The first-order chi connectivity index (χ1) is 10.5. The molecule has 0 saturated carbocycles. The van der Waals surface area contributed by atoms with Crippen molar-refractivity contribution in [3.63, 3.8) is 0 Å². The molecule has 1 amide bonds. The molecule has 0 radical (unpaired) electrons. The first kappa shape index (κ1) is 16.2. The fourth-order valence-electron chi connectivity index (χ4n) is 1.88. The van der Waals surface area contributed by atoms with Gasteiger partial charge in [-0.3, -0.25) is 4.79 Å². The van der Waals surface area contributed by atoms with Crippen LogP contribution in [0, 0.1) is 6.92 Å². The largest absolute Gasteiger partial charge is 0.497 e. The third-order valence-corrected chi connectivity index (χ3v) is 3.43. The fraction of sp³-hybridized carbons (Fsp3) is 0.235. The number of aryl methyl sites for hydroxylation is 1. The summed E-state index contributed by atoms with van der Waals surface area (Å²) in [6.45, 7) is 3.60. The van der Waals surface area contributed by atoms with Crippen LogP contribution in [0.15, 0.2) is 42.5 Å². The van der Waals surface area contributed by atoms with Gasteiger partial charge >= 0.3 is 0 Å². The Bertz CT molecular complexity index is 655.